The lowest BCUT2D eigenvalue weighted by atomic mass is 10.1. The molecule has 0 aromatic carbocycles. The number of allylic oxidation sites excluding steroid dienone is 2. The first-order valence-corrected chi connectivity index (χ1v) is 5.73. The number of Topliss-reactive ketones (excluding diaryl/α,β-unsaturated/α-hetero) is 2. The summed E-state index contributed by atoms with van der Waals surface area (Å²) >= 11 is 0. The van der Waals surface area contributed by atoms with Crippen LogP contribution in [0.25, 0.3) is 0 Å². The van der Waals surface area contributed by atoms with Gasteiger partial charge in [0.15, 0.2) is 11.6 Å². The molecule has 5 nitrogen and oxygen atoms in total. The minimum absolute atomic E-state index is 0.0761. The third-order valence-corrected chi connectivity index (χ3v) is 2.23. The molecule has 0 atom stereocenters. The molecule has 0 heterocycles. The highest BCUT2D eigenvalue weighted by molar-refractivity contribution is 5.95. The Morgan fingerprint density at radius 2 is 1.17 bits per heavy atom. The van der Waals surface area contributed by atoms with Gasteiger partial charge in [-0.3, -0.25) is 9.59 Å². The van der Waals surface area contributed by atoms with Crippen molar-refractivity contribution >= 4 is 17.6 Å². The minimum Gasteiger partial charge on any atom is -0.338 e. The van der Waals surface area contributed by atoms with Crippen LogP contribution in [0.3, 0.4) is 0 Å². The van der Waals surface area contributed by atoms with Crippen molar-refractivity contribution in [3.05, 3.63) is 24.3 Å². The maximum atomic E-state index is 11.3. The van der Waals surface area contributed by atoms with E-state index in [4.69, 9.17) is 0 Å². The van der Waals surface area contributed by atoms with Crippen molar-refractivity contribution in [3.63, 3.8) is 0 Å². The number of hydrogen-bond donors (Lipinski definition) is 2. The number of nitrogens with one attached hydrogen (secondary N) is 2. The van der Waals surface area contributed by atoms with Gasteiger partial charge in [-0.05, 0) is 25.0 Å². The van der Waals surface area contributed by atoms with Gasteiger partial charge in [0.2, 0.25) is 0 Å². The molecule has 18 heavy (non-hydrogen) atoms. The first-order chi connectivity index (χ1) is 8.34. The van der Waals surface area contributed by atoms with Gasteiger partial charge in [0.05, 0.1) is 0 Å². The summed E-state index contributed by atoms with van der Waals surface area (Å²) in [4.78, 5) is 33.6. The molecule has 0 rings (SSSR count). The summed E-state index contributed by atoms with van der Waals surface area (Å²) in [6, 6.07) is -0.390. The highest BCUT2D eigenvalue weighted by atomic mass is 16.2. The van der Waals surface area contributed by atoms with Crippen molar-refractivity contribution in [2.45, 2.75) is 26.7 Å². The van der Waals surface area contributed by atoms with E-state index in [0.717, 1.165) is 0 Å². The van der Waals surface area contributed by atoms with Crippen molar-refractivity contribution < 1.29 is 14.4 Å². The van der Waals surface area contributed by atoms with E-state index in [-0.39, 0.29) is 43.5 Å². The molecular weight excluding hydrogens is 232 g/mol. The lowest BCUT2D eigenvalue weighted by molar-refractivity contribution is -0.116. The Balaban J connectivity index is 3.67. The summed E-state index contributed by atoms with van der Waals surface area (Å²) in [7, 11) is 0. The summed E-state index contributed by atoms with van der Waals surface area (Å²) in [5.74, 6) is -0.152. The summed E-state index contributed by atoms with van der Waals surface area (Å²) in [6.07, 6.45) is 0.459. The summed E-state index contributed by atoms with van der Waals surface area (Å²) in [6.45, 7) is 10.8. The first kappa shape index (κ1) is 16.1. The van der Waals surface area contributed by atoms with E-state index in [1.54, 1.807) is 13.8 Å². The summed E-state index contributed by atoms with van der Waals surface area (Å²) in [5.41, 5.74) is 0.952. The Kier molecular flexibility index (Phi) is 7.35. The van der Waals surface area contributed by atoms with Crippen molar-refractivity contribution in [2.24, 2.45) is 0 Å². The topological polar surface area (TPSA) is 75.3 Å². The van der Waals surface area contributed by atoms with Crippen LogP contribution < -0.4 is 10.6 Å². The maximum Gasteiger partial charge on any atom is 0.314 e. The predicted octanol–water partition coefficient (Wildman–Crippen LogP) is 1.36. The second-order valence-electron chi connectivity index (χ2n) is 4.09. The lowest BCUT2D eigenvalue weighted by Crippen LogP contribution is -2.37. The van der Waals surface area contributed by atoms with E-state index in [2.05, 4.69) is 23.8 Å². The second-order valence-corrected chi connectivity index (χ2v) is 4.09. The molecule has 2 N–H and O–H groups in total. The van der Waals surface area contributed by atoms with Crippen LogP contribution in [0, 0.1) is 0 Å². The molecule has 0 aliphatic carbocycles. The van der Waals surface area contributed by atoms with Crippen LogP contribution in [0.4, 0.5) is 4.79 Å². The summed E-state index contributed by atoms with van der Waals surface area (Å²) < 4.78 is 0. The van der Waals surface area contributed by atoms with Gasteiger partial charge in [0.25, 0.3) is 0 Å². The average molecular weight is 252 g/mol. The number of urea groups is 1. The molecule has 0 aromatic heterocycles. The monoisotopic (exact) mass is 252 g/mol. The number of amides is 2. The normalized spacial score (nSPS) is 9.44. The van der Waals surface area contributed by atoms with Crippen LogP contribution in [0.15, 0.2) is 24.3 Å². The van der Waals surface area contributed by atoms with Gasteiger partial charge in [-0.15, -0.1) is 0 Å². The predicted molar refractivity (Wildman–Crippen MR) is 70.3 cm³/mol. The molecule has 0 radical (unpaired) electrons. The van der Waals surface area contributed by atoms with E-state index in [9.17, 15) is 14.4 Å². The Labute approximate surface area is 107 Å². The third-order valence-electron chi connectivity index (χ3n) is 2.23. The van der Waals surface area contributed by atoms with Crippen molar-refractivity contribution in [3.8, 4) is 0 Å². The number of carbonyl (C=O) groups is 3. The summed E-state index contributed by atoms with van der Waals surface area (Å²) in [5, 5.41) is 5.05. The second kappa shape index (κ2) is 8.22. The van der Waals surface area contributed by atoms with Crippen LogP contribution in [-0.2, 0) is 9.59 Å². The Hall–Kier alpha value is -1.91. The van der Waals surface area contributed by atoms with Gasteiger partial charge < -0.3 is 10.6 Å². The molecule has 0 fully saturated rings. The van der Waals surface area contributed by atoms with Crippen molar-refractivity contribution in [1.82, 2.24) is 10.6 Å². The zero-order valence-electron chi connectivity index (χ0n) is 11.0. The fraction of sp³-hybridized carbons (Fsp3) is 0.462. The Morgan fingerprint density at radius 3 is 1.44 bits per heavy atom. The van der Waals surface area contributed by atoms with Crippen molar-refractivity contribution in [2.75, 3.05) is 13.1 Å². The van der Waals surface area contributed by atoms with E-state index in [1.165, 1.54) is 0 Å². The van der Waals surface area contributed by atoms with Crippen LogP contribution in [0.2, 0.25) is 0 Å². The van der Waals surface area contributed by atoms with Gasteiger partial charge in [-0.25, -0.2) is 4.79 Å². The third kappa shape index (κ3) is 7.38. The SMILES string of the molecule is C=C(C)C(=O)CCNC(=O)NCCC(=O)C(=C)C. The minimum atomic E-state index is -0.390. The average Bonchev–Trinajstić information content (AvgIpc) is 2.28. The number of rotatable bonds is 8. The zero-order chi connectivity index (χ0) is 14.1. The molecule has 0 saturated carbocycles. The quantitative estimate of drug-likeness (QED) is 0.640. The molecule has 0 aliphatic heterocycles. The highest BCUT2D eigenvalue weighted by Gasteiger charge is 2.05. The molecule has 0 bridgehead atoms. The molecule has 0 aliphatic rings. The van der Waals surface area contributed by atoms with E-state index < -0.39 is 0 Å². The molecule has 100 valence electrons. The van der Waals surface area contributed by atoms with Crippen LogP contribution in [0.5, 0.6) is 0 Å². The number of hydrogen-bond acceptors (Lipinski definition) is 3. The van der Waals surface area contributed by atoms with Crippen LogP contribution >= 0.6 is 0 Å². The largest absolute Gasteiger partial charge is 0.338 e. The Bertz CT molecular complexity index is 338. The lowest BCUT2D eigenvalue weighted by Gasteiger charge is -2.06. The fourth-order valence-corrected chi connectivity index (χ4v) is 1.07. The van der Waals surface area contributed by atoms with Gasteiger partial charge >= 0.3 is 6.03 Å². The van der Waals surface area contributed by atoms with Crippen LogP contribution in [0.1, 0.15) is 26.7 Å². The van der Waals surface area contributed by atoms with Gasteiger partial charge in [-0.1, -0.05) is 13.2 Å². The maximum absolute atomic E-state index is 11.3. The molecule has 0 spiro atoms. The molecule has 0 aromatic rings. The van der Waals surface area contributed by atoms with E-state index in [0.29, 0.717) is 11.1 Å². The Morgan fingerprint density at radius 1 is 0.833 bits per heavy atom. The molecule has 0 unspecified atom stereocenters. The van der Waals surface area contributed by atoms with Gasteiger partial charge in [-0.2, -0.15) is 0 Å². The van der Waals surface area contributed by atoms with Crippen molar-refractivity contribution in [1.29, 1.82) is 0 Å². The molecule has 2 amide bonds. The van der Waals surface area contributed by atoms with E-state index in [1.807, 2.05) is 0 Å². The molecule has 0 saturated heterocycles. The fourth-order valence-electron chi connectivity index (χ4n) is 1.07. The standard InChI is InChI=1S/C13H20N2O3/c1-9(2)11(16)5-7-14-13(18)15-8-6-12(17)10(3)4/h1,3,5-8H2,2,4H3,(H2,14,15,18). The van der Waals surface area contributed by atoms with Gasteiger partial charge in [0, 0.05) is 25.9 Å². The molecular formula is C13H20N2O3. The number of carbonyl (C=O) groups excluding carboxylic acids is 3. The van der Waals surface area contributed by atoms with E-state index >= 15 is 0 Å². The zero-order valence-corrected chi connectivity index (χ0v) is 11.0. The smallest absolute Gasteiger partial charge is 0.314 e. The van der Waals surface area contributed by atoms with Crippen LogP contribution in [-0.4, -0.2) is 30.7 Å². The van der Waals surface area contributed by atoms with Gasteiger partial charge in [0.1, 0.15) is 0 Å². The molecule has 5 heteroatoms. The number of ketones is 2. The first-order valence-electron chi connectivity index (χ1n) is 5.73. The highest BCUT2D eigenvalue weighted by Crippen LogP contribution is 1.94.